The molecule has 0 fully saturated rings. The van der Waals surface area contributed by atoms with Crippen molar-refractivity contribution in [3.8, 4) is 11.8 Å². The molecule has 1 heterocycles. The van der Waals surface area contributed by atoms with Crippen LogP contribution in [0, 0.1) is 21.4 Å². The van der Waals surface area contributed by atoms with Crippen molar-refractivity contribution in [2.45, 2.75) is 0 Å². The first-order valence-corrected chi connectivity index (χ1v) is 5.46. The Balaban J connectivity index is 2.68. The lowest BCUT2D eigenvalue weighted by molar-refractivity contribution is -0.383. The van der Waals surface area contributed by atoms with Crippen molar-refractivity contribution in [3.63, 3.8) is 0 Å². The van der Waals surface area contributed by atoms with Gasteiger partial charge in [0, 0.05) is 12.3 Å². The Kier molecular flexibility index (Phi) is 3.43. The molecular formula is C12H8N4O4. The number of aromatic nitrogens is 1. The largest absolute Gasteiger partial charge is 0.505 e. The van der Waals surface area contributed by atoms with Crippen LogP contribution in [0.3, 0.4) is 0 Å². The number of non-ortho nitro benzene ring substituents is 1. The minimum absolute atomic E-state index is 0.0381. The molecule has 0 saturated carbocycles. The first-order chi connectivity index (χ1) is 9.56. The van der Waals surface area contributed by atoms with Gasteiger partial charge in [-0.2, -0.15) is 5.26 Å². The summed E-state index contributed by atoms with van der Waals surface area (Å²) >= 11 is 0. The van der Waals surface area contributed by atoms with Crippen LogP contribution in [0.1, 0.15) is 10.4 Å². The molecule has 0 radical (unpaired) electrons. The molecule has 0 unspecified atom stereocenters. The maximum absolute atomic E-state index is 11.8. The first-order valence-electron chi connectivity index (χ1n) is 5.46. The summed E-state index contributed by atoms with van der Waals surface area (Å²) in [7, 11) is 0. The smallest absolute Gasteiger partial charge is 0.279 e. The number of benzene rings is 1. The molecule has 0 spiro atoms. The van der Waals surface area contributed by atoms with Crippen molar-refractivity contribution in [2.75, 3.05) is 6.54 Å². The number of phenols is 1. The van der Waals surface area contributed by atoms with Gasteiger partial charge in [-0.05, 0) is 12.1 Å². The van der Waals surface area contributed by atoms with Gasteiger partial charge < -0.3 is 10.4 Å². The summed E-state index contributed by atoms with van der Waals surface area (Å²) in [5.41, 5.74) is -0.671. The topological polar surface area (TPSA) is 129 Å². The second-order valence-electron chi connectivity index (χ2n) is 3.79. The van der Waals surface area contributed by atoms with Gasteiger partial charge >= 0.3 is 0 Å². The zero-order valence-corrected chi connectivity index (χ0v) is 10.0. The number of phenolic OH excluding ortho intramolecular Hbond substituents is 1. The number of nitro groups is 1. The van der Waals surface area contributed by atoms with E-state index < -0.39 is 16.6 Å². The molecule has 8 nitrogen and oxygen atoms in total. The molecule has 8 heteroatoms. The second-order valence-corrected chi connectivity index (χ2v) is 3.79. The standard InChI is InChI=1S/C12H8N4O4/c13-3-5-15-12(18)8-6-9(16(19)20)7-2-1-4-14-10(7)11(8)17/h1-2,4,6,17H,5H2,(H,15,18). The number of nitriles is 1. The predicted molar refractivity (Wildman–Crippen MR) is 68.0 cm³/mol. The van der Waals surface area contributed by atoms with Crippen LogP contribution >= 0.6 is 0 Å². The lowest BCUT2D eigenvalue weighted by Crippen LogP contribution is -2.23. The number of carbonyl (C=O) groups is 1. The Morgan fingerprint density at radius 1 is 1.60 bits per heavy atom. The minimum Gasteiger partial charge on any atom is -0.505 e. The van der Waals surface area contributed by atoms with Crippen molar-refractivity contribution in [2.24, 2.45) is 0 Å². The van der Waals surface area contributed by atoms with Gasteiger partial charge in [0.1, 0.15) is 12.1 Å². The maximum Gasteiger partial charge on any atom is 0.279 e. The van der Waals surface area contributed by atoms with Crippen LogP contribution in [0.25, 0.3) is 10.9 Å². The average Bonchev–Trinajstić information content (AvgIpc) is 2.45. The molecule has 20 heavy (non-hydrogen) atoms. The van der Waals surface area contributed by atoms with Crippen molar-refractivity contribution >= 4 is 22.5 Å². The fraction of sp³-hybridized carbons (Fsp3) is 0.0833. The summed E-state index contributed by atoms with van der Waals surface area (Å²) in [5, 5.41) is 31.8. The van der Waals surface area contributed by atoms with Crippen LogP contribution in [-0.2, 0) is 0 Å². The number of hydrogen-bond donors (Lipinski definition) is 2. The second kappa shape index (κ2) is 5.19. The summed E-state index contributed by atoms with van der Waals surface area (Å²) in [5.74, 6) is -1.23. The molecule has 2 rings (SSSR count). The Bertz CT molecular complexity index is 751. The Labute approximate surface area is 112 Å². The third-order valence-corrected chi connectivity index (χ3v) is 2.61. The van der Waals surface area contributed by atoms with E-state index in [4.69, 9.17) is 5.26 Å². The Hall–Kier alpha value is -3.21. The van der Waals surface area contributed by atoms with Crippen LogP contribution in [0.4, 0.5) is 5.69 Å². The summed E-state index contributed by atoms with van der Waals surface area (Å²) in [6.45, 7) is -0.272. The highest BCUT2D eigenvalue weighted by atomic mass is 16.6. The highest BCUT2D eigenvalue weighted by Crippen LogP contribution is 2.34. The van der Waals surface area contributed by atoms with Gasteiger partial charge in [-0.1, -0.05) is 0 Å². The van der Waals surface area contributed by atoms with E-state index in [1.54, 1.807) is 6.07 Å². The monoisotopic (exact) mass is 272 g/mol. The number of amides is 1. The average molecular weight is 272 g/mol. The number of fused-ring (bicyclic) bond motifs is 1. The quantitative estimate of drug-likeness (QED) is 0.489. The molecule has 2 aromatic rings. The number of aromatic hydroxyl groups is 1. The fourth-order valence-corrected chi connectivity index (χ4v) is 1.75. The van der Waals surface area contributed by atoms with E-state index >= 15 is 0 Å². The molecule has 0 aliphatic carbocycles. The van der Waals surface area contributed by atoms with Crippen molar-refractivity contribution < 1.29 is 14.8 Å². The molecule has 0 atom stereocenters. The molecule has 0 aliphatic heterocycles. The Morgan fingerprint density at radius 2 is 2.35 bits per heavy atom. The number of pyridine rings is 1. The number of nitrogens with one attached hydrogen (secondary N) is 1. The number of hydrogen-bond acceptors (Lipinski definition) is 6. The van der Waals surface area contributed by atoms with Gasteiger partial charge in [0.05, 0.1) is 21.9 Å². The lowest BCUT2D eigenvalue weighted by atomic mass is 10.1. The van der Waals surface area contributed by atoms with E-state index in [1.165, 1.54) is 18.3 Å². The molecule has 2 N–H and O–H groups in total. The zero-order chi connectivity index (χ0) is 14.7. The molecule has 1 aromatic heterocycles. The van der Waals surface area contributed by atoms with E-state index in [2.05, 4.69) is 10.3 Å². The van der Waals surface area contributed by atoms with Crippen molar-refractivity contribution in [1.29, 1.82) is 5.26 Å². The van der Waals surface area contributed by atoms with Gasteiger partial charge in [-0.3, -0.25) is 19.9 Å². The van der Waals surface area contributed by atoms with Crippen LogP contribution in [0.2, 0.25) is 0 Å². The molecule has 1 aromatic carbocycles. The van der Waals surface area contributed by atoms with E-state index in [1.807, 2.05) is 0 Å². The molecule has 100 valence electrons. The number of carbonyl (C=O) groups excluding carboxylic acids is 1. The summed E-state index contributed by atoms with van der Waals surface area (Å²) in [6, 6.07) is 5.58. The van der Waals surface area contributed by atoms with E-state index in [9.17, 15) is 20.0 Å². The SMILES string of the molecule is N#CCNC(=O)c1cc([N+](=O)[O-])c2cccnc2c1O. The third kappa shape index (κ3) is 2.20. The number of rotatable bonds is 3. The minimum atomic E-state index is -0.778. The molecule has 0 aliphatic rings. The Morgan fingerprint density at radius 3 is 3.00 bits per heavy atom. The lowest BCUT2D eigenvalue weighted by Gasteiger charge is -2.07. The third-order valence-electron chi connectivity index (χ3n) is 2.61. The number of nitrogens with zero attached hydrogens (tertiary/aromatic N) is 3. The molecule has 0 saturated heterocycles. The maximum atomic E-state index is 11.8. The van der Waals surface area contributed by atoms with E-state index in [-0.39, 0.29) is 28.7 Å². The van der Waals surface area contributed by atoms with E-state index in [0.29, 0.717) is 0 Å². The fourth-order valence-electron chi connectivity index (χ4n) is 1.75. The summed E-state index contributed by atoms with van der Waals surface area (Å²) in [6.07, 6.45) is 1.35. The summed E-state index contributed by atoms with van der Waals surface area (Å²) < 4.78 is 0. The van der Waals surface area contributed by atoms with Crippen LogP contribution in [-0.4, -0.2) is 27.5 Å². The van der Waals surface area contributed by atoms with Gasteiger partial charge in [0.2, 0.25) is 0 Å². The molecule has 0 bridgehead atoms. The van der Waals surface area contributed by atoms with Gasteiger partial charge in [-0.15, -0.1) is 0 Å². The molecule has 1 amide bonds. The highest BCUT2D eigenvalue weighted by molar-refractivity contribution is 6.05. The first kappa shape index (κ1) is 13.2. The van der Waals surface area contributed by atoms with E-state index in [0.717, 1.165) is 6.07 Å². The zero-order valence-electron chi connectivity index (χ0n) is 10.0. The van der Waals surface area contributed by atoms with Crippen molar-refractivity contribution in [1.82, 2.24) is 10.3 Å². The van der Waals surface area contributed by atoms with Gasteiger partial charge in [0.15, 0.2) is 5.75 Å². The van der Waals surface area contributed by atoms with Crippen LogP contribution in [0.15, 0.2) is 24.4 Å². The van der Waals surface area contributed by atoms with Crippen LogP contribution in [0.5, 0.6) is 5.75 Å². The normalized spacial score (nSPS) is 9.95. The van der Waals surface area contributed by atoms with Crippen LogP contribution < -0.4 is 5.32 Å². The van der Waals surface area contributed by atoms with Gasteiger partial charge in [-0.25, -0.2) is 0 Å². The molecular weight excluding hydrogens is 264 g/mol. The summed E-state index contributed by atoms with van der Waals surface area (Å²) in [4.78, 5) is 26.0. The predicted octanol–water partition coefficient (Wildman–Crippen LogP) is 1.10. The number of nitro benzene ring substituents is 1. The van der Waals surface area contributed by atoms with Gasteiger partial charge in [0.25, 0.3) is 11.6 Å². The highest BCUT2D eigenvalue weighted by Gasteiger charge is 2.22. The van der Waals surface area contributed by atoms with Crippen molar-refractivity contribution in [3.05, 3.63) is 40.1 Å².